The molecule has 1 aliphatic heterocycles. The third-order valence-electron chi connectivity index (χ3n) is 7.12. The number of morpholine rings is 1. The largest absolute Gasteiger partial charge is 0.369 e. The van der Waals surface area contributed by atoms with Crippen LogP contribution in [0.25, 0.3) is 0 Å². The molecule has 5 aliphatic rings. The zero-order valence-corrected chi connectivity index (χ0v) is 15.7. The summed E-state index contributed by atoms with van der Waals surface area (Å²) in [7, 11) is 0. The maximum absolute atomic E-state index is 13.2. The summed E-state index contributed by atoms with van der Waals surface area (Å²) < 4.78 is 5.45. The van der Waals surface area contributed by atoms with Crippen molar-refractivity contribution in [3.8, 4) is 0 Å². The minimum absolute atomic E-state index is 0.0269. The first-order valence-corrected chi connectivity index (χ1v) is 10.3. The van der Waals surface area contributed by atoms with Crippen LogP contribution in [0.1, 0.15) is 44.1 Å². The number of nitrogens with one attached hydrogen (secondary N) is 1. The Bertz CT molecular complexity index is 697. The Morgan fingerprint density at radius 2 is 1.70 bits per heavy atom. The van der Waals surface area contributed by atoms with Crippen molar-refractivity contribution in [2.75, 3.05) is 13.2 Å². The summed E-state index contributed by atoms with van der Waals surface area (Å²) in [6, 6.07) is 9.35. The van der Waals surface area contributed by atoms with Crippen LogP contribution < -0.4 is 5.32 Å². The smallest absolute Gasteiger partial charge is 0.249 e. The standard InChI is InChI=1S/C22H28N2O3/c25-20-14-27-13-19(24(20)12-15-4-2-1-3-5-15)21(26)23-22-9-16-6-17(10-22)8-18(7-16)11-22/h1-5,16-19H,6-14H2,(H,23,26). The van der Waals surface area contributed by atoms with Gasteiger partial charge in [-0.05, 0) is 61.8 Å². The summed E-state index contributed by atoms with van der Waals surface area (Å²) in [5.41, 5.74) is 1.01. The first-order chi connectivity index (χ1) is 13.1. The van der Waals surface area contributed by atoms with Gasteiger partial charge in [0.15, 0.2) is 0 Å². The summed E-state index contributed by atoms with van der Waals surface area (Å²) in [6.45, 7) is 0.812. The highest BCUT2D eigenvalue weighted by atomic mass is 16.5. The van der Waals surface area contributed by atoms with Gasteiger partial charge in [0, 0.05) is 12.1 Å². The fraction of sp³-hybridized carbons (Fsp3) is 0.636. The number of hydrogen-bond donors (Lipinski definition) is 1. The normalized spacial score (nSPS) is 37.5. The summed E-state index contributed by atoms with van der Waals surface area (Å²) in [5, 5.41) is 3.42. The number of carbonyl (C=O) groups is 2. The molecule has 1 atom stereocenters. The average Bonchev–Trinajstić information content (AvgIpc) is 2.62. The molecular formula is C22H28N2O3. The molecule has 0 radical (unpaired) electrons. The van der Waals surface area contributed by atoms with Crippen molar-refractivity contribution in [1.29, 1.82) is 0 Å². The predicted octanol–water partition coefficient (Wildman–Crippen LogP) is 2.50. The Hall–Kier alpha value is -1.88. The third-order valence-corrected chi connectivity index (χ3v) is 7.12. The lowest BCUT2D eigenvalue weighted by atomic mass is 9.53. The van der Waals surface area contributed by atoms with E-state index in [2.05, 4.69) is 5.32 Å². The number of rotatable bonds is 4. The van der Waals surface area contributed by atoms with Gasteiger partial charge in [-0.3, -0.25) is 9.59 Å². The van der Waals surface area contributed by atoms with Gasteiger partial charge in [-0.25, -0.2) is 0 Å². The topological polar surface area (TPSA) is 58.6 Å². The molecule has 6 rings (SSSR count). The van der Waals surface area contributed by atoms with E-state index in [0.717, 1.165) is 42.6 Å². The van der Waals surface area contributed by atoms with Crippen LogP contribution in [0.15, 0.2) is 30.3 Å². The van der Waals surface area contributed by atoms with Gasteiger partial charge in [-0.1, -0.05) is 30.3 Å². The SMILES string of the molecule is O=C(NC12CC3CC(CC(C3)C1)C2)C1COCC(=O)N1Cc1ccccc1. The van der Waals surface area contributed by atoms with Crippen LogP contribution in [0.3, 0.4) is 0 Å². The van der Waals surface area contributed by atoms with Gasteiger partial charge in [0.2, 0.25) is 11.8 Å². The second-order valence-corrected chi connectivity index (χ2v) is 9.23. The van der Waals surface area contributed by atoms with Crippen molar-refractivity contribution in [3.05, 3.63) is 35.9 Å². The van der Waals surface area contributed by atoms with E-state index in [4.69, 9.17) is 4.74 Å². The molecule has 1 saturated heterocycles. The molecule has 1 heterocycles. The number of hydrogen-bond acceptors (Lipinski definition) is 3. The van der Waals surface area contributed by atoms with Crippen molar-refractivity contribution in [3.63, 3.8) is 0 Å². The highest BCUT2D eigenvalue weighted by molar-refractivity contribution is 5.89. The van der Waals surface area contributed by atoms with E-state index >= 15 is 0 Å². The summed E-state index contributed by atoms with van der Waals surface area (Å²) in [6.07, 6.45) is 7.39. The van der Waals surface area contributed by atoms with Crippen molar-refractivity contribution in [2.24, 2.45) is 17.8 Å². The van der Waals surface area contributed by atoms with E-state index in [1.165, 1.54) is 19.3 Å². The molecule has 27 heavy (non-hydrogen) atoms. The van der Waals surface area contributed by atoms with Crippen molar-refractivity contribution in [2.45, 2.75) is 56.7 Å². The van der Waals surface area contributed by atoms with Crippen LogP contribution in [0, 0.1) is 17.8 Å². The first-order valence-electron chi connectivity index (χ1n) is 10.3. The molecule has 1 N–H and O–H groups in total. The van der Waals surface area contributed by atoms with E-state index in [-0.39, 0.29) is 30.6 Å². The highest BCUT2D eigenvalue weighted by Gasteiger charge is 2.52. The molecule has 4 aliphatic carbocycles. The van der Waals surface area contributed by atoms with Crippen LogP contribution in [0.2, 0.25) is 0 Å². The maximum atomic E-state index is 13.2. The van der Waals surface area contributed by atoms with E-state index in [9.17, 15) is 9.59 Å². The monoisotopic (exact) mass is 368 g/mol. The number of ether oxygens (including phenoxy) is 1. The summed E-state index contributed by atoms with van der Waals surface area (Å²) in [5.74, 6) is 2.21. The zero-order chi connectivity index (χ0) is 18.4. The van der Waals surface area contributed by atoms with Crippen LogP contribution in [-0.2, 0) is 20.9 Å². The quantitative estimate of drug-likeness (QED) is 0.888. The number of carbonyl (C=O) groups excluding carboxylic acids is 2. The Morgan fingerprint density at radius 3 is 2.33 bits per heavy atom. The minimum atomic E-state index is -0.528. The Kier molecular flexibility index (Phi) is 4.23. The molecule has 5 heteroatoms. The molecule has 4 saturated carbocycles. The molecular weight excluding hydrogens is 340 g/mol. The lowest BCUT2D eigenvalue weighted by molar-refractivity contribution is -0.157. The highest BCUT2D eigenvalue weighted by Crippen LogP contribution is 2.55. The van der Waals surface area contributed by atoms with Crippen LogP contribution in [0.4, 0.5) is 0 Å². The maximum Gasteiger partial charge on any atom is 0.249 e. The average molecular weight is 368 g/mol. The molecule has 2 amide bonds. The van der Waals surface area contributed by atoms with Gasteiger partial charge in [-0.15, -0.1) is 0 Å². The minimum Gasteiger partial charge on any atom is -0.369 e. The van der Waals surface area contributed by atoms with Crippen molar-refractivity contribution in [1.82, 2.24) is 10.2 Å². The predicted molar refractivity (Wildman–Crippen MR) is 101 cm³/mol. The lowest BCUT2D eigenvalue weighted by Crippen LogP contribution is -2.64. The Labute approximate surface area is 160 Å². The molecule has 5 nitrogen and oxygen atoms in total. The number of nitrogens with zero attached hydrogens (tertiary/aromatic N) is 1. The Morgan fingerprint density at radius 1 is 1.07 bits per heavy atom. The van der Waals surface area contributed by atoms with E-state index in [0.29, 0.717) is 6.54 Å². The Balaban J connectivity index is 1.32. The van der Waals surface area contributed by atoms with E-state index in [1.54, 1.807) is 4.90 Å². The van der Waals surface area contributed by atoms with Gasteiger partial charge in [0.25, 0.3) is 0 Å². The van der Waals surface area contributed by atoms with Gasteiger partial charge < -0.3 is 15.0 Å². The fourth-order valence-electron chi connectivity index (χ4n) is 6.41. The van der Waals surface area contributed by atoms with Crippen molar-refractivity contribution >= 4 is 11.8 Å². The molecule has 1 unspecified atom stereocenters. The number of amides is 2. The zero-order valence-electron chi connectivity index (χ0n) is 15.7. The van der Waals surface area contributed by atoms with E-state index < -0.39 is 6.04 Å². The van der Waals surface area contributed by atoms with Crippen LogP contribution >= 0.6 is 0 Å². The van der Waals surface area contributed by atoms with Gasteiger partial charge in [0.1, 0.15) is 12.6 Å². The molecule has 144 valence electrons. The summed E-state index contributed by atoms with van der Waals surface area (Å²) in [4.78, 5) is 27.4. The molecule has 5 fully saturated rings. The fourth-order valence-corrected chi connectivity index (χ4v) is 6.41. The van der Waals surface area contributed by atoms with Crippen LogP contribution in [-0.4, -0.2) is 41.5 Å². The summed E-state index contributed by atoms with van der Waals surface area (Å²) >= 11 is 0. The molecule has 1 aromatic rings. The molecule has 1 aromatic carbocycles. The molecule has 4 bridgehead atoms. The first kappa shape index (κ1) is 17.2. The second kappa shape index (κ2) is 6.62. The van der Waals surface area contributed by atoms with Crippen molar-refractivity contribution < 1.29 is 14.3 Å². The van der Waals surface area contributed by atoms with Gasteiger partial charge in [-0.2, -0.15) is 0 Å². The molecule has 0 aromatic heterocycles. The van der Waals surface area contributed by atoms with E-state index in [1.807, 2.05) is 30.3 Å². The second-order valence-electron chi connectivity index (χ2n) is 9.23. The van der Waals surface area contributed by atoms with Gasteiger partial charge in [0.05, 0.1) is 6.61 Å². The van der Waals surface area contributed by atoms with Crippen LogP contribution in [0.5, 0.6) is 0 Å². The molecule has 0 spiro atoms. The lowest BCUT2D eigenvalue weighted by Gasteiger charge is -2.57. The number of benzene rings is 1. The third kappa shape index (κ3) is 3.27. The van der Waals surface area contributed by atoms with Gasteiger partial charge >= 0.3 is 0 Å².